The Morgan fingerprint density at radius 2 is 1.71 bits per heavy atom. The standard InChI is InChI=1S/C11H10FNO/c12-10-5-3-9(4-6-10)11(14)13-7-1-2-8-13/h1-6H,7-8H2. The lowest BCUT2D eigenvalue weighted by atomic mass is 10.2. The Morgan fingerprint density at radius 1 is 1.14 bits per heavy atom. The van der Waals surface area contributed by atoms with Crippen molar-refractivity contribution >= 4 is 5.91 Å². The molecule has 72 valence electrons. The van der Waals surface area contributed by atoms with Crippen molar-refractivity contribution < 1.29 is 9.18 Å². The van der Waals surface area contributed by atoms with Crippen molar-refractivity contribution in [2.45, 2.75) is 0 Å². The fourth-order valence-corrected chi connectivity index (χ4v) is 1.42. The normalized spacial score (nSPS) is 14.8. The van der Waals surface area contributed by atoms with E-state index >= 15 is 0 Å². The summed E-state index contributed by atoms with van der Waals surface area (Å²) in [6.45, 7) is 1.30. The molecule has 1 aromatic rings. The summed E-state index contributed by atoms with van der Waals surface area (Å²) in [6.07, 6.45) is 3.89. The van der Waals surface area contributed by atoms with Crippen LogP contribution in [-0.4, -0.2) is 23.9 Å². The fourth-order valence-electron chi connectivity index (χ4n) is 1.42. The molecule has 3 heteroatoms. The molecule has 0 bridgehead atoms. The van der Waals surface area contributed by atoms with Gasteiger partial charge in [-0.3, -0.25) is 4.79 Å². The van der Waals surface area contributed by atoms with Crippen molar-refractivity contribution in [3.63, 3.8) is 0 Å². The van der Waals surface area contributed by atoms with Crippen LogP contribution in [0.2, 0.25) is 0 Å². The number of nitrogens with zero attached hydrogens (tertiary/aromatic N) is 1. The van der Waals surface area contributed by atoms with Gasteiger partial charge in [0, 0.05) is 18.7 Å². The summed E-state index contributed by atoms with van der Waals surface area (Å²) in [6, 6.07) is 5.62. The number of amides is 1. The van der Waals surface area contributed by atoms with Crippen LogP contribution in [0.3, 0.4) is 0 Å². The van der Waals surface area contributed by atoms with Gasteiger partial charge in [-0.15, -0.1) is 0 Å². The van der Waals surface area contributed by atoms with Crippen LogP contribution in [0.15, 0.2) is 36.4 Å². The summed E-state index contributed by atoms with van der Waals surface area (Å²) in [7, 11) is 0. The van der Waals surface area contributed by atoms with Gasteiger partial charge < -0.3 is 4.90 Å². The second-order valence-corrected chi connectivity index (χ2v) is 3.19. The molecule has 0 atom stereocenters. The quantitative estimate of drug-likeness (QED) is 0.620. The summed E-state index contributed by atoms with van der Waals surface area (Å²) in [5, 5.41) is 0. The molecule has 0 fully saturated rings. The molecule has 0 radical (unpaired) electrons. The lowest BCUT2D eigenvalue weighted by Gasteiger charge is -2.14. The molecule has 1 aliphatic heterocycles. The zero-order valence-electron chi connectivity index (χ0n) is 7.61. The number of hydrogen-bond donors (Lipinski definition) is 0. The molecule has 0 spiro atoms. The molecular formula is C11H10FNO. The van der Waals surface area contributed by atoms with E-state index in [4.69, 9.17) is 0 Å². The molecule has 2 nitrogen and oxygen atoms in total. The maximum absolute atomic E-state index is 12.6. The fraction of sp³-hybridized carbons (Fsp3) is 0.182. The van der Waals surface area contributed by atoms with E-state index in [1.165, 1.54) is 24.3 Å². The molecule has 0 saturated carbocycles. The number of carbonyl (C=O) groups excluding carboxylic acids is 1. The Bertz CT molecular complexity index is 361. The van der Waals surface area contributed by atoms with E-state index in [0.29, 0.717) is 18.7 Å². The maximum atomic E-state index is 12.6. The van der Waals surface area contributed by atoms with Crippen molar-refractivity contribution in [1.29, 1.82) is 0 Å². The minimum Gasteiger partial charge on any atom is -0.331 e. The smallest absolute Gasteiger partial charge is 0.254 e. The SMILES string of the molecule is O=C(c1ccc(F)cc1)N1CC=CC1. The Hall–Kier alpha value is -1.64. The Balaban J connectivity index is 2.14. The maximum Gasteiger partial charge on any atom is 0.254 e. The number of rotatable bonds is 1. The average Bonchev–Trinajstić information content (AvgIpc) is 2.71. The summed E-state index contributed by atoms with van der Waals surface area (Å²) >= 11 is 0. The zero-order valence-corrected chi connectivity index (χ0v) is 7.61. The van der Waals surface area contributed by atoms with E-state index in [9.17, 15) is 9.18 Å². The van der Waals surface area contributed by atoms with Crippen molar-refractivity contribution in [3.8, 4) is 0 Å². The molecular weight excluding hydrogens is 181 g/mol. The van der Waals surface area contributed by atoms with Crippen LogP contribution in [0.5, 0.6) is 0 Å². The highest BCUT2D eigenvalue weighted by Gasteiger charge is 2.15. The number of carbonyl (C=O) groups is 1. The second kappa shape index (κ2) is 3.62. The molecule has 0 N–H and O–H groups in total. The molecule has 1 aromatic carbocycles. The largest absolute Gasteiger partial charge is 0.331 e. The Morgan fingerprint density at radius 3 is 2.29 bits per heavy atom. The number of benzene rings is 1. The summed E-state index contributed by atoms with van der Waals surface area (Å²) < 4.78 is 12.6. The highest BCUT2D eigenvalue weighted by Crippen LogP contribution is 2.09. The van der Waals surface area contributed by atoms with Crippen LogP contribution in [0.4, 0.5) is 4.39 Å². The van der Waals surface area contributed by atoms with Crippen LogP contribution in [0, 0.1) is 5.82 Å². The second-order valence-electron chi connectivity index (χ2n) is 3.19. The van der Waals surface area contributed by atoms with Crippen LogP contribution in [-0.2, 0) is 0 Å². The number of halogens is 1. The first-order chi connectivity index (χ1) is 6.77. The molecule has 1 aliphatic rings. The molecule has 1 amide bonds. The molecule has 0 unspecified atom stereocenters. The van der Waals surface area contributed by atoms with Crippen LogP contribution in [0.25, 0.3) is 0 Å². The third-order valence-electron chi connectivity index (χ3n) is 2.20. The van der Waals surface area contributed by atoms with Crippen molar-refractivity contribution in [3.05, 3.63) is 47.8 Å². The van der Waals surface area contributed by atoms with Gasteiger partial charge in [-0.25, -0.2) is 4.39 Å². The molecule has 0 saturated heterocycles. The van der Waals surface area contributed by atoms with E-state index in [-0.39, 0.29) is 11.7 Å². The first-order valence-corrected chi connectivity index (χ1v) is 4.47. The van der Waals surface area contributed by atoms with Crippen LogP contribution < -0.4 is 0 Å². The third-order valence-corrected chi connectivity index (χ3v) is 2.20. The van der Waals surface area contributed by atoms with Gasteiger partial charge in [0.15, 0.2) is 0 Å². The molecule has 1 heterocycles. The van der Waals surface area contributed by atoms with Gasteiger partial charge in [0.1, 0.15) is 5.82 Å². The van der Waals surface area contributed by atoms with Crippen LogP contribution in [0.1, 0.15) is 10.4 Å². The van der Waals surface area contributed by atoms with Gasteiger partial charge in [0.05, 0.1) is 0 Å². The predicted molar refractivity (Wildman–Crippen MR) is 51.4 cm³/mol. The minimum absolute atomic E-state index is 0.0463. The van der Waals surface area contributed by atoms with Crippen molar-refractivity contribution in [2.75, 3.05) is 13.1 Å². The average molecular weight is 191 g/mol. The number of hydrogen-bond acceptors (Lipinski definition) is 1. The van der Waals surface area contributed by atoms with E-state index in [0.717, 1.165) is 0 Å². The molecule has 0 aromatic heterocycles. The topological polar surface area (TPSA) is 20.3 Å². The predicted octanol–water partition coefficient (Wildman–Crippen LogP) is 1.84. The highest BCUT2D eigenvalue weighted by atomic mass is 19.1. The van der Waals surface area contributed by atoms with E-state index in [1.54, 1.807) is 4.90 Å². The van der Waals surface area contributed by atoms with Crippen molar-refractivity contribution in [2.24, 2.45) is 0 Å². The molecule has 0 aliphatic carbocycles. The first-order valence-electron chi connectivity index (χ1n) is 4.47. The zero-order chi connectivity index (χ0) is 9.97. The summed E-state index contributed by atoms with van der Waals surface area (Å²) in [5.41, 5.74) is 0.537. The first kappa shape index (κ1) is 8.94. The molecule has 14 heavy (non-hydrogen) atoms. The molecule has 2 rings (SSSR count). The summed E-state index contributed by atoms with van der Waals surface area (Å²) in [5.74, 6) is -0.365. The van der Waals surface area contributed by atoms with Crippen molar-refractivity contribution in [1.82, 2.24) is 4.90 Å². The van der Waals surface area contributed by atoms with Gasteiger partial charge in [-0.1, -0.05) is 12.2 Å². The van der Waals surface area contributed by atoms with E-state index < -0.39 is 0 Å². The third kappa shape index (κ3) is 1.66. The van der Waals surface area contributed by atoms with Gasteiger partial charge in [0.2, 0.25) is 0 Å². The van der Waals surface area contributed by atoms with Gasteiger partial charge in [-0.05, 0) is 24.3 Å². The van der Waals surface area contributed by atoms with Gasteiger partial charge in [-0.2, -0.15) is 0 Å². The van der Waals surface area contributed by atoms with Gasteiger partial charge in [0.25, 0.3) is 5.91 Å². The van der Waals surface area contributed by atoms with Crippen LogP contribution >= 0.6 is 0 Å². The minimum atomic E-state index is -0.318. The summed E-state index contributed by atoms with van der Waals surface area (Å²) in [4.78, 5) is 13.4. The van der Waals surface area contributed by atoms with E-state index in [1.807, 2.05) is 12.2 Å². The monoisotopic (exact) mass is 191 g/mol. The lowest BCUT2D eigenvalue weighted by molar-refractivity contribution is 0.0800. The lowest BCUT2D eigenvalue weighted by Crippen LogP contribution is -2.28. The highest BCUT2D eigenvalue weighted by molar-refractivity contribution is 5.94. The van der Waals surface area contributed by atoms with Gasteiger partial charge >= 0.3 is 0 Å². The van der Waals surface area contributed by atoms with E-state index in [2.05, 4.69) is 0 Å². The Labute approximate surface area is 81.6 Å². The Kier molecular flexibility index (Phi) is 2.31.